The standard InChI is InChI=1S/C13H18N2O3/c1-2-18-13(17)8-5-10-3-6-11(7-4-10)15-12(16)9-14/h3-4,6-7H,2,5,8-9,14H2,1H3,(H,15,16). The van der Waals surface area contributed by atoms with Gasteiger partial charge in [-0.2, -0.15) is 0 Å². The topological polar surface area (TPSA) is 81.4 Å². The van der Waals surface area contributed by atoms with E-state index in [1.165, 1.54) is 0 Å². The van der Waals surface area contributed by atoms with Crippen molar-refractivity contribution in [2.75, 3.05) is 18.5 Å². The summed E-state index contributed by atoms with van der Waals surface area (Å²) in [7, 11) is 0. The monoisotopic (exact) mass is 250 g/mol. The summed E-state index contributed by atoms with van der Waals surface area (Å²) < 4.78 is 4.84. The number of carbonyl (C=O) groups is 2. The minimum absolute atomic E-state index is 0.0371. The number of ether oxygens (including phenoxy) is 1. The van der Waals surface area contributed by atoms with E-state index in [2.05, 4.69) is 5.32 Å². The van der Waals surface area contributed by atoms with Gasteiger partial charge < -0.3 is 15.8 Å². The van der Waals surface area contributed by atoms with E-state index in [4.69, 9.17) is 10.5 Å². The third-order valence-corrected chi connectivity index (χ3v) is 2.35. The SMILES string of the molecule is CCOC(=O)CCc1ccc(NC(=O)CN)cc1. The van der Waals surface area contributed by atoms with Gasteiger partial charge in [-0.3, -0.25) is 9.59 Å². The fourth-order valence-electron chi connectivity index (χ4n) is 1.45. The second-order valence-electron chi connectivity index (χ2n) is 3.75. The van der Waals surface area contributed by atoms with Gasteiger partial charge in [-0.05, 0) is 31.0 Å². The van der Waals surface area contributed by atoms with E-state index in [-0.39, 0.29) is 18.4 Å². The van der Waals surface area contributed by atoms with Crippen molar-refractivity contribution in [1.29, 1.82) is 0 Å². The molecule has 18 heavy (non-hydrogen) atoms. The molecule has 0 saturated heterocycles. The molecule has 1 aromatic carbocycles. The zero-order valence-corrected chi connectivity index (χ0v) is 10.4. The molecular formula is C13H18N2O3. The number of nitrogens with one attached hydrogen (secondary N) is 1. The highest BCUT2D eigenvalue weighted by atomic mass is 16.5. The van der Waals surface area contributed by atoms with Crippen LogP contribution in [0.1, 0.15) is 18.9 Å². The van der Waals surface area contributed by atoms with Crippen LogP contribution in [0.25, 0.3) is 0 Å². The highest BCUT2D eigenvalue weighted by molar-refractivity contribution is 5.92. The van der Waals surface area contributed by atoms with Crippen LogP contribution < -0.4 is 11.1 Å². The highest BCUT2D eigenvalue weighted by Gasteiger charge is 2.03. The van der Waals surface area contributed by atoms with E-state index < -0.39 is 0 Å². The molecule has 0 aromatic heterocycles. The van der Waals surface area contributed by atoms with Crippen molar-refractivity contribution in [3.05, 3.63) is 29.8 Å². The molecule has 0 aliphatic heterocycles. The van der Waals surface area contributed by atoms with Gasteiger partial charge in [-0.1, -0.05) is 12.1 Å². The van der Waals surface area contributed by atoms with Gasteiger partial charge in [0.2, 0.25) is 5.91 Å². The fourth-order valence-corrected chi connectivity index (χ4v) is 1.45. The van der Waals surface area contributed by atoms with Gasteiger partial charge in [0.15, 0.2) is 0 Å². The molecule has 5 heteroatoms. The van der Waals surface area contributed by atoms with Crippen molar-refractivity contribution in [2.24, 2.45) is 5.73 Å². The summed E-state index contributed by atoms with van der Waals surface area (Å²) in [4.78, 5) is 22.2. The van der Waals surface area contributed by atoms with E-state index in [1.807, 2.05) is 12.1 Å². The van der Waals surface area contributed by atoms with Gasteiger partial charge in [-0.25, -0.2) is 0 Å². The maximum atomic E-state index is 11.2. The lowest BCUT2D eigenvalue weighted by atomic mass is 10.1. The summed E-state index contributed by atoms with van der Waals surface area (Å²) >= 11 is 0. The normalized spacial score (nSPS) is 9.89. The van der Waals surface area contributed by atoms with Gasteiger partial charge in [0.25, 0.3) is 0 Å². The molecule has 0 heterocycles. The average molecular weight is 250 g/mol. The number of amides is 1. The molecule has 0 fully saturated rings. The molecule has 3 N–H and O–H groups in total. The van der Waals surface area contributed by atoms with Gasteiger partial charge >= 0.3 is 5.97 Å². The van der Waals surface area contributed by atoms with Gasteiger partial charge in [-0.15, -0.1) is 0 Å². The quantitative estimate of drug-likeness (QED) is 0.740. The number of nitrogens with two attached hydrogens (primary N) is 1. The van der Waals surface area contributed by atoms with Crippen molar-refractivity contribution in [2.45, 2.75) is 19.8 Å². The molecule has 98 valence electrons. The van der Waals surface area contributed by atoms with Crippen molar-refractivity contribution in [3.8, 4) is 0 Å². The number of benzene rings is 1. The minimum Gasteiger partial charge on any atom is -0.466 e. The molecule has 0 bridgehead atoms. The van der Waals surface area contributed by atoms with Crippen molar-refractivity contribution >= 4 is 17.6 Å². The number of carbonyl (C=O) groups excluding carboxylic acids is 2. The molecule has 1 aromatic rings. The van der Waals surface area contributed by atoms with Crippen molar-refractivity contribution in [3.63, 3.8) is 0 Å². The molecule has 0 unspecified atom stereocenters. The lowest BCUT2D eigenvalue weighted by Gasteiger charge is -2.05. The maximum absolute atomic E-state index is 11.2. The number of aryl methyl sites for hydroxylation is 1. The summed E-state index contributed by atoms with van der Waals surface area (Å²) in [5.41, 5.74) is 6.92. The lowest BCUT2D eigenvalue weighted by Crippen LogP contribution is -2.21. The Balaban J connectivity index is 2.45. The fraction of sp³-hybridized carbons (Fsp3) is 0.385. The second kappa shape index (κ2) is 7.45. The van der Waals surface area contributed by atoms with Gasteiger partial charge in [0.05, 0.1) is 13.2 Å². The van der Waals surface area contributed by atoms with Gasteiger partial charge in [0, 0.05) is 12.1 Å². The van der Waals surface area contributed by atoms with E-state index >= 15 is 0 Å². The van der Waals surface area contributed by atoms with Crippen molar-refractivity contribution in [1.82, 2.24) is 0 Å². The molecule has 1 amide bonds. The van der Waals surface area contributed by atoms with Gasteiger partial charge in [0.1, 0.15) is 0 Å². The first kappa shape index (κ1) is 14.2. The first-order valence-corrected chi connectivity index (χ1v) is 5.90. The van der Waals surface area contributed by atoms with Crippen LogP contribution >= 0.6 is 0 Å². The Bertz CT molecular complexity index is 401. The zero-order chi connectivity index (χ0) is 13.4. The maximum Gasteiger partial charge on any atom is 0.306 e. The van der Waals surface area contributed by atoms with E-state index in [0.717, 1.165) is 5.56 Å². The summed E-state index contributed by atoms with van der Waals surface area (Å²) in [5, 5.41) is 2.65. The minimum atomic E-state index is -0.228. The van der Waals surface area contributed by atoms with Crippen LogP contribution in [0.2, 0.25) is 0 Å². The molecule has 0 saturated carbocycles. The Morgan fingerprint density at radius 1 is 1.28 bits per heavy atom. The number of hydrogen-bond donors (Lipinski definition) is 2. The Kier molecular flexibility index (Phi) is 5.87. The first-order valence-electron chi connectivity index (χ1n) is 5.90. The predicted molar refractivity (Wildman–Crippen MR) is 69.1 cm³/mol. The molecule has 0 radical (unpaired) electrons. The first-order chi connectivity index (χ1) is 8.65. The van der Waals surface area contributed by atoms with Crippen LogP contribution in [0, 0.1) is 0 Å². The number of anilines is 1. The summed E-state index contributed by atoms with van der Waals surface area (Å²) in [6.07, 6.45) is 0.992. The Hall–Kier alpha value is -1.88. The summed E-state index contributed by atoms with van der Waals surface area (Å²) in [6.45, 7) is 2.15. The van der Waals surface area contributed by atoms with Crippen LogP contribution in [0.4, 0.5) is 5.69 Å². The molecule has 1 rings (SSSR count). The third-order valence-electron chi connectivity index (χ3n) is 2.35. The molecule has 0 aliphatic rings. The van der Waals surface area contributed by atoms with Crippen LogP contribution in [0.3, 0.4) is 0 Å². The van der Waals surface area contributed by atoms with Crippen molar-refractivity contribution < 1.29 is 14.3 Å². The molecule has 0 spiro atoms. The predicted octanol–water partition coefficient (Wildman–Crippen LogP) is 1.08. The number of hydrogen-bond acceptors (Lipinski definition) is 4. The molecular weight excluding hydrogens is 232 g/mol. The van der Waals surface area contributed by atoms with Crippen LogP contribution in [0.5, 0.6) is 0 Å². The Morgan fingerprint density at radius 2 is 1.94 bits per heavy atom. The van der Waals surface area contributed by atoms with Crippen LogP contribution in [0.15, 0.2) is 24.3 Å². The zero-order valence-electron chi connectivity index (χ0n) is 10.4. The van der Waals surface area contributed by atoms with E-state index in [0.29, 0.717) is 25.1 Å². The smallest absolute Gasteiger partial charge is 0.306 e. The molecule has 0 atom stereocenters. The number of rotatable bonds is 6. The summed E-state index contributed by atoms with van der Waals surface area (Å²) in [6, 6.07) is 7.30. The van der Waals surface area contributed by atoms with Crippen LogP contribution in [-0.2, 0) is 20.7 Å². The summed E-state index contributed by atoms with van der Waals surface area (Å²) in [5.74, 6) is -0.424. The second-order valence-corrected chi connectivity index (χ2v) is 3.75. The lowest BCUT2D eigenvalue weighted by molar-refractivity contribution is -0.143. The Morgan fingerprint density at radius 3 is 2.50 bits per heavy atom. The third kappa shape index (κ3) is 4.97. The molecule has 5 nitrogen and oxygen atoms in total. The molecule has 0 aliphatic carbocycles. The van der Waals surface area contributed by atoms with E-state index in [9.17, 15) is 9.59 Å². The average Bonchev–Trinajstić information content (AvgIpc) is 2.38. The number of esters is 1. The largest absolute Gasteiger partial charge is 0.466 e. The van der Waals surface area contributed by atoms with Crippen LogP contribution in [-0.4, -0.2) is 25.0 Å². The Labute approximate surface area is 106 Å². The van der Waals surface area contributed by atoms with E-state index in [1.54, 1.807) is 19.1 Å². The highest BCUT2D eigenvalue weighted by Crippen LogP contribution is 2.11.